The van der Waals surface area contributed by atoms with E-state index in [1.807, 2.05) is 19.9 Å². The van der Waals surface area contributed by atoms with Gasteiger partial charge >= 0.3 is 0 Å². The molecule has 1 aromatic rings. The van der Waals surface area contributed by atoms with Crippen LogP contribution >= 0.6 is 11.6 Å². The van der Waals surface area contributed by atoms with Crippen LogP contribution in [-0.2, 0) is 0 Å². The lowest BCUT2D eigenvalue weighted by molar-refractivity contribution is 0.234. The molecule has 0 bridgehead atoms. The van der Waals surface area contributed by atoms with E-state index in [0.717, 1.165) is 0 Å². The van der Waals surface area contributed by atoms with Crippen LogP contribution in [0.5, 0.6) is 0 Å². The number of halogens is 1. The Bertz CT molecular complexity index is 398. The van der Waals surface area contributed by atoms with Gasteiger partial charge in [-0.15, -0.1) is 0 Å². The summed E-state index contributed by atoms with van der Waals surface area (Å²) in [7, 11) is 0. The van der Waals surface area contributed by atoms with Gasteiger partial charge < -0.3 is 10.4 Å². The molecule has 0 aliphatic rings. The lowest BCUT2D eigenvalue weighted by Crippen LogP contribution is -2.35. The zero-order valence-electron chi connectivity index (χ0n) is 8.58. The molecule has 0 saturated heterocycles. The van der Waals surface area contributed by atoms with Crippen molar-refractivity contribution in [1.29, 1.82) is 5.26 Å². The van der Waals surface area contributed by atoms with Crippen LogP contribution in [0.4, 0.5) is 5.82 Å². The Labute approximate surface area is 93.5 Å². The number of nitriles is 1. The number of hydrogen-bond acceptors (Lipinski definition) is 4. The van der Waals surface area contributed by atoms with Gasteiger partial charge in [0.05, 0.1) is 23.8 Å². The summed E-state index contributed by atoms with van der Waals surface area (Å²) >= 11 is 5.74. The van der Waals surface area contributed by atoms with Crippen molar-refractivity contribution in [2.75, 3.05) is 11.9 Å². The van der Waals surface area contributed by atoms with Crippen LogP contribution < -0.4 is 5.32 Å². The first kappa shape index (κ1) is 11.8. The van der Waals surface area contributed by atoms with Gasteiger partial charge in [0.2, 0.25) is 0 Å². The summed E-state index contributed by atoms with van der Waals surface area (Å²) in [4.78, 5) is 4.01. The van der Waals surface area contributed by atoms with Crippen LogP contribution in [0.3, 0.4) is 0 Å². The summed E-state index contributed by atoms with van der Waals surface area (Å²) in [5.74, 6) is 0.484. The van der Waals surface area contributed by atoms with Gasteiger partial charge in [-0.1, -0.05) is 11.6 Å². The average molecular weight is 226 g/mol. The number of hydrogen-bond donors (Lipinski definition) is 2. The molecule has 1 aromatic heterocycles. The molecule has 0 fully saturated rings. The molecule has 0 unspecified atom stereocenters. The van der Waals surface area contributed by atoms with Crippen LogP contribution in [0.2, 0.25) is 5.15 Å². The van der Waals surface area contributed by atoms with E-state index in [4.69, 9.17) is 22.0 Å². The zero-order chi connectivity index (χ0) is 11.5. The standard InChI is InChI=1S/C10H12ClN3O/c1-10(2,6-15)14-9-4-7(5-12)3-8(11)13-9/h3-4,15H,6H2,1-2H3,(H,13,14). The molecule has 4 nitrogen and oxygen atoms in total. The Morgan fingerprint density at radius 2 is 2.27 bits per heavy atom. The number of nitrogens with one attached hydrogen (secondary N) is 1. The quantitative estimate of drug-likeness (QED) is 0.770. The summed E-state index contributed by atoms with van der Waals surface area (Å²) in [6, 6.07) is 5.06. The maximum atomic E-state index is 9.06. The third-order valence-corrected chi connectivity index (χ3v) is 1.98. The van der Waals surface area contributed by atoms with Crippen LogP contribution in [0.1, 0.15) is 19.4 Å². The molecule has 5 heteroatoms. The Morgan fingerprint density at radius 3 is 2.80 bits per heavy atom. The Morgan fingerprint density at radius 1 is 1.60 bits per heavy atom. The molecule has 1 rings (SSSR count). The van der Waals surface area contributed by atoms with Crippen molar-refractivity contribution >= 4 is 17.4 Å². The van der Waals surface area contributed by atoms with Gasteiger partial charge in [0, 0.05) is 0 Å². The number of nitrogens with zero attached hydrogens (tertiary/aromatic N) is 2. The first-order chi connectivity index (χ1) is 6.96. The van der Waals surface area contributed by atoms with Gasteiger partial charge in [0.1, 0.15) is 11.0 Å². The van der Waals surface area contributed by atoms with E-state index in [0.29, 0.717) is 11.4 Å². The third-order valence-electron chi connectivity index (χ3n) is 1.78. The normalized spacial score (nSPS) is 10.9. The lowest BCUT2D eigenvalue weighted by Gasteiger charge is -2.24. The second-order valence-corrected chi connectivity index (χ2v) is 4.23. The highest BCUT2D eigenvalue weighted by Gasteiger charge is 2.16. The van der Waals surface area contributed by atoms with Crippen LogP contribution in [0, 0.1) is 11.3 Å². The average Bonchev–Trinajstić information content (AvgIpc) is 2.16. The number of aromatic nitrogens is 1. The van der Waals surface area contributed by atoms with E-state index in [1.54, 1.807) is 6.07 Å². The SMILES string of the molecule is CC(C)(CO)Nc1cc(C#N)cc(Cl)n1. The fourth-order valence-electron chi connectivity index (χ4n) is 1.01. The minimum absolute atomic E-state index is 0.0386. The number of rotatable bonds is 3. The van der Waals surface area contributed by atoms with E-state index in [-0.39, 0.29) is 11.8 Å². The molecule has 15 heavy (non-hydrogen) atoms. The van der Waals surface area contributed by atoms with Crippen molar-refractivity contribution in [2.24, 2.45) is 0 Å². The summed E-state index contributed by atoms with van der Waals surface area (Å²) in [5.41, 5.74) is -0.0593. The molecule has 0 amide bonds. The van der Waals surface area contributed by atoms with Gasteiger partial charge in [-0.2, -0.15) is 5.26 Å². The molecular weight excluding hydrogens is 214 g/mol. The van der Waals surface area contributed by atoms with Gasteiger partial charge in [0.15, 0.2) is 0 Å². The van der Waals surface area contributed by atoms with Crippen molar-refractivity contribution in [2.45, 2.75) is 19.4 Å². The molecule has 0 aliphatic heterocycles. The van der Waals surface area contributed by atoms with Crippen LogP contribution in [0.15, 0.2) is 12.1 Å². The molecule has 0 radical (unpaired) electrons. The topological polar surface area (TPSA) is 68.9 Å². The van der Waals surface area contributed by atoms with Gasteiger partial charge in [-0.25, -0.2) is 4.98 Å². The predicted molar refractivity (Wildman–Crippen MR) is 58.7 cm³/mol. The Hall–Kier alpha value is -1.31. The summed E-state index contributed by atoms with van der Waals surface area (Å²) in [6.45, 7) is 3.60. The minimum Gasteiger partial charge on any atom is -0.394 e. The molecule has 80 valence electrons. The monoisotopic (exact) mass is 225 g/mol. The fraction of sp³-hybridized carbons (Fsp3) is 0.400. The highest BCUT2D eigenvalue weighted by atomic mass is 35.5. The number of aliphatic hydroxyl groups is 1. The molecule has 0 atom stereocenters. The van der Waals surface area contributed by atoms with Gasteiger partial charge in [-0.3, -0.25) is 0 Å². The highest BCUT2D eigenvalue weighted by molar-refractivity contribution is 6.29. The van der Waals surface area contributed by atoms with E-state index >= 15 is 0 Å². The second kappa shape index (κ2) is 4.47. The molecule has 0 saturated carbocycles. The summed E-state index contributed by atoms with van der Waals surface area (Å²) in [6.07, 6.45) is 0. The first-order valence-corrected chi connectivity index (χ1v) is 4.81. The van der Waals surface area contributed by atoms with E-state index in [1.165, 1.54) is 6.07 Å². The van der Waals surface area contributed by atoms with E-state index in [2.05, 4.69) is 10.3 Å². The van der Waals surface area contributed by atoms with Gasteiger partial charge in [0.25, 0.3) is 0 Å². The summed E-state index contributed by atoms with van der Waals surface area (Å²) in [5, 5.41) is 21.0. The van der Waals surface area contributed by atoms with Crippen molar-refractivity contribution in [3.63, 3.8) is 0 Å². The Balaban J connectivity index is 2.96. The van der Waals surface area contributed by atoms with Gasteiger partial charge in [-0.05, 0) is 26.0 Å². The number of pyridine rings is 1. The molecular formula is C10H12ClN3O. The van der Waals surface area contributed by atoms with Crippen LogP contribution in [0.25, 0.3) is 0 Å². The molecule has 1 heterocycles. The van der Waals surface area contributed by atoms with E-state index < -0.39 is 5.54 Å². The van der Waals surface area contributed by atoms with Crippen molar-refractivity contribution in [3.8, 4) is 6.07 Å². The molecule has 0 aromatic carbocycles. The smallest absolute Gasteiger partial charge is 0.132 e. The zero-order valence-corrected chi connectivity index (χ0v) is 9.34. The van der Waals surface area contributed by atoms with Crippen molar-refractivity contribution in [3.05, 3.63) is 22.8 Å². The second-order valence-electron chi connectivity index (χ2n) is 3.84. The molecule has 0 aliphatic carbocycles. The third kappa shape index (κ3) is 3.39. The maximum absolute atomic E-state index is 9.06. The first-order valence-electron chi connectivity index (χ1n) is 4.43. The minimum atomic E-state index is -0.496. The molecule has 0 spiro atoms. The number of anilines is 1. The van der Waals surface area contributed by atoms with Crippen molar-refractivity contribution < 1.29 is 5.11 Å². The maximum Gasteiger partial charge on any atom is 0.132 e. The Kier molecular flexibility index (Phi) is 3.51. The largest absolute Gasteiger partial charge is 0.394 e. The number of aliphatic hydroxyl groups excluding tert-OH is 1. The predicted octanol–water partition coefficient (Wildman–Crippen LogP) is 1.79. The summed E-state index contributed by atoms with van der Waals surface area (Å²) < 4.78 is 0. The van der Waals surface area contributed by atoms with Crippen molar-refractivity contribution in [1.82, 2.24) is 4.98 Å². The lowest BCUT2D eigenvalue weighted by atomic mass is 10.1. The fourth-order valence-corrected chi connectivity index (χ4v) is 1.22. The van der Waals surface area contributed by atoms with E-state index in [9.17, 15) is 0 Å². The highest BCUT2D eigenvalue weighted by Crippen LogP contribution is 2.17. The molecule has 2 N–H and O–H groups in total. The van der Waals surface area contributed by atoms with Crippen LogP contribution in [-0.4, -0.2) is 22.2 Å².